The van der Waals surface area contributed by atoms with E-state index in [9.17, 15) is 9.59 Å². The van der Waals surface area contributed by atoms with Gasteiger partial charge in [-0.15, -0.1) is 0 Å². The molecule has 2 aromatic carbocycles. The molecular weight excluding hydrogens is 321 g/mol. The van der Waals surface area contributed by atoms with Crippen LogP contribution in [0.1, 0.15) is 0 Å². The normalized spacial score (nSPS) is 10.2. The second-order valence-electron chi connectivity index (χ2n) is 3.82. The molecule has 0 fully saturated rings. The molecule has 0 unspecified atom stereocenters. The number of hydrogen-bond acceptors (Lipinski definition) is 2. The molecular formula is C14H8Cl3NO2. The molecule has 3 nitrogen and oxygen atoms in total. The third-order valence-electron chi connectivity index (χ3n) is 2.55. The van der Waals surface area contributed by atoms with E-state index >= 15 is 0 Å². The first-order chi connectivity index (χ1) is 9.52. The Labute approximate surface area is 130 Å². The third kappa shape index (κ3) is 2.96. The minimum absolute atomic E-state index is 0.223. The second-order valence-corrected chi connectivity index (χ2v) is 4.98. The number of hydrogen-bond donors (Lipinski definition) is 0. The molecule has 0 aromatic heterocycles. The van der Waals surface area contributed by atoms with Gasteiger partial charge in [0.25, 0.3) is 0 Å². The number of halogens is 3. The smallest absolute Gasteiger partial charge is 0.270 e. The van der Waals surface area contributed by atoms with Crippen LogP contribution in [0.25, 0.3) is 0 Å². The molecule has 6 heteroatoms. The minimum atomic E-state index is -1.12. The number of carbonyl (C=O) groups is 2. The van der Waals surface area contributed by atoms with Crippen molar-refractivity contribution >= 4 is 57.3 Å². The minimum Gasteiger partial charge on any atom is -0.270 e. The first-order valence-electron chi connectivity index (χ1n) is 5.55. The van der Waals surface area contributed by atoms with Crippen LogP contribution in [-0.2, 0) is 9.59 Å². The third-order valence-corrected chi connectivity index (χ3v) is 3.32. The molecule has 0 heterocycles. The monoisotopic (exact) mass is 327 g/mol. The van der Waals surface area contributed by atoms with Crippen LogP contribution >= 0.6 is 34.8 Å². The summed E-state index contributed by atoms with van der Waals surface area (Å²) in [5, 5.41) is -0.634. The van der Waals surface area contributed by atoms with E-state index < -0.39 is 11.1 Å². The first-order valence-corrected chi connectivity index (χ1v) is 6.68. The predicted octanol–water partition coefficient (Wildman–Crippen LogP) is 4.42. The number of nitrogens with zero attached hydrogens (tertiary/aromatic N) is 1. The highest BCUT2D eigenvalue weighted by Gasteiger charge is 2.26. The molecule has 20 heavy (non-hydrogen) atoms. The Kier molecular flexibility index (Phi) is 4.65. The van der Waals surface area contributed by atoms with E-state index in [1.807, 2.05) is 0 Å². The summed E-state index contributed by atoms with van der Waals surface area (Å²) in [4.78, 5) is 24.4. The maximum absolute atomic E-state index is 12.1. The molecule has 0 aliphatic carbocycles. The van der Waals surface area contributed by atoms with Crippen molar-refractivity contribution in [1.82, 2.24) is 0 Å². The van der Waals surface area contributed by atoms with Gasteiger partial charge in [-0.1, -0.05) is 47.5 Å². The van der Waals surface area contributed by atoms with Crippen molar-refractivity contribution in [1.29, 1.82) is 0 Å². The second kappa shape index (κ2) is 6.27. The summed E-state index contributed by atoms with van der Waals surface area (Å²) in [5.74, 6) is -0.923. The Morgan fingerprint density at radius 1 is 0.850 bits per heavy atom. The average molecular weight is 329 g/mol. The Morgan fingerprint density at radius 3 is 1.90 bits per heavy atom. The summed E-state index contributed by atoms with van der Waals surface area (Å²) < 4.78 is 0. The van der Waals surface area contributed by atoms with Gasteiger partial charge in [0, 0.05) is 5.69 Å². The topological polar surface area (TPSA) is 37.4 Å². The fraction of sp³-hybridized carbons (Fsp3) is 0. The number of anilines is 2. The van der Waals surface area contributed by atoms with Crippen LogP contribution in [-0.4, -0.2) is 11.1 Å². The summed E-state index contributed by atoms with van der Waals surface area (Å²) in [5.41, 5.74) is 0.669. The molecule has 0 aliphatic rings. The van der Waals surface area contributed by atoms with Crippen LogP contribution < -0.4 is 4.90 Å². The highest BCUT2D eigenvalue weighted by Crippen LogP contribution is 2.38. The maximum atomic E-state index is 12.1. The Balaban J connectivity index is 2.64. The fourth-order valence-corrected chi connectivity index (χ4v) is 2.37. The molecule has 0 saturated heterocycles. The van der Waals surface area contributed by atoms with Crippen LogP contribution in [0.4, 0.5) is 11.4 Å². The zero-order valence-electron chi connectivity index (χ0n) is 10.0. The van der Waals surface area contributed by atoms with Crippen molar-refractivity contribution in [3.63, 3.8) is 0 Å². The number of para-hydroxylation sites is 2. The van der Waals surface area contributed by atoms with E-state index in [4.69, 9.17) is 34.8 Å². The van der Waals surface area contributed by atoms with E-state index in [1.54, 1.807) is 48.5 Å². The SMILES string of the molecule is O=C(Cl)C(=O)N(c1ccccc1)c1c(Cl)cccc1Cl. The van der Waals surface area contributed by atoms with Crippen LogP contribution in [0.3, 0.4) is 0 Å². The van der Waals surface area contributed by atoms with Crippen LogP contribution in [0.15, 0.2) is 48.5 Å². The Bertz CT molecular complexity index is 638. The Morgan fingerprint density at radius 2 is 1.40 bits per heavy atom. The first kappa shape index (κ1) is 14.9. The van der Waals surface area contributed by atoms with Crippen LogP contribution in [0, 0.1) is 0 Å². The van der Waals surface area contributed by atoms with Crippen LogP contribution in [0.5, 0.6) is 0 Å². The molecule has 102 valence electrons. The summed E-state index contributed by atoms with van der Waals surface area (Å²) >= 11 is 17.5. The summed E-state index contributed by atoms with van der Waals surface area (Å²) in [6, 6.07) is 13.3. The van der Waals surface area contributed by atoms with Gasteiger partial charge < -0.3 is 0 Å². The molecule has 0 bridgehead atoms. The highest BCUT2D eigenvalue weighted by atomic mass is 35.5. The summed E-state index contributed by atoms with van der Waals surface area (Å²) in [6.45, 7) is 0. The largest absolute Gasteiger partial charge is 0.315 e. The molecule has 1 amide bonds. The molecule has 0 N–H and O–H groups in total. The fourth-order valence-electron chi connectivity index (χ4n) is 1.72. The predicted molar refractivity (Wildman–Crippen MR) is 80.9 cm³/mol. The van der Waals surface area contributed by atoms with Crippen molar-refractivity contribution < 1.29 is 9.59 Å². The molecule has 0 atom stereocenters. The molecule has 2 rings (SSSR count). The molecule has 0 radical (unpaired) electrons. The molecule has 0 spiro atoms. The zero-order valence-corrected chi connectivity index (χ0v) is 12.3. The maximum Gasteiger partial charge on any atom is 0.315 e. The van der Waals surface area contributed by atoms with Gasteiger partial charge in [0.15, 0.2) is 0 Å². The van der Waals surface area contributed by atoms with Crippen molar-refractivity contribution in [2.45, 2.75) is 0 Å². The van der Waals surface area contributed by atoms with Crippen molar-refractivity contribution in [3.8, 4) is 0 Å². The lowest BCUT2D eigenvalue weighted by atomic mass is 10.2. The van der Waals surface area contributed by atoms with Gasteiger partial charge >= 0.3 is 11.1 Å². The lowest BCUT2D eigenvalue weighted by Gasteiger charge is -2.23. The van der Waals surface area contributed by atoms with Crippen molar-refractivity contribution in [2.24, 2.45) is 0 Å². The van der Waals surface area contributed by atoms with E-state index in [1.165, 1.54) is 0 Å². The lowest BCUT2D eigenvalue weighted by Crippen LogP contribution is -2.30. The van der Waals surface area contributed by atoms with Crippen molar-refractivity contribution in [3.05, 3.63) is 58.6 Å². The van der Waals surface area contributed by atoms with Gasteiger partial charge in [0.1, 0.15) is 0 Å². The van der Waals surface area contributed by atoms with Crippen molar-refractivity contribution in [2.75, 3.05) is 4.90 Å². The highest BCUT2D eigenvalue weighted by molar-refractivity contribution is 6.82. The van der Waals surface area contributed by atoms with Gasteiger partial charge in [-0.3, -0.25) is 14.5 Å². The average Bonchev–Trinajstić information content (AvgIpc) is 2.43. The number of benzene rings is 2. The Hall–Kier alpha value is -1.55. The van der Waals surface area contributed by atoms with Gasteiger partial charge in [0.2, 0.25) is 0 Å². The molecule has 0 aliphatic heterocycles. The number of rotatable bonds is 3. The van der Waals surface area contributed by atoms with Gasteiger partial charge in [-0.25, -0.2) is 0 Å². The molecule has 0 saturated carbocycles. The van der Waals surface area contributed by atoms with Gasteiger partial charge in [-0.05, 0) is 35.9 Å². The number of amides is 1. The zero-order chi connectivity index (χ0) is 14.7. The van der Waals surface area contributed by atoms with E-state index in [0.717, 1.165) is 4.90 Å². The van der Waals surface area contributed by atoms with Gasteiger partial charge in [-0.2, -0.15) is 0 Å². The lowest BCUT2D eigenvalue weighted by molar-refractivity contribution is -0.131. The van der Waals surface area contributed by atoms with E-state index in [2.05, 4.69) is 0 Å². The van der Waals surface area contributed by atoms with E-state index in [0.29, 0.717) is 5.69 Å². The molecule has 2 aromatic rings. The van der Waals surface area contributed by atoms with Crippen LogP contribution in [0.2, 0.25) is 10.0 Å². The van der Waals surface area contributed by atoms with Gasteiger partial charge in [0.05, 0.1) is 15.7 Å². The quantitative estimate of drug-likeness (QED) is 0.617. The standard InChI is InChI=1S/C14H8Cl3NO2/c15-10-7-4-8-11(16)12(10)18(14(20)13(17)19)9-5-2-1-3-6-9/h1-8H. The van der Waals surface area contributed by atoms with E-state index in [-0.39, 0.29) is 15.7 Å². The summed E-state index contributed by atoms with van der Waals surface area (Å²) in [7, 11) is 0. The number of carbonyl (C=O) groups excluding carboxylic acids is 2. The summed E-state index contributed by atoms with van der Waals surface area (Å²) in [6.07, 6.45) is 0.